The van der Waals surface area contributed by atoms with Gasteiger partial charge in [0.15, 0.2) is 4.96 Å². The van der Waals surface area contributed by atoms with Crippen LogP contribution in [0, 0.1) is 0 Å². The molecule has 0 bridgehead atoms. The Morgan fingerprint density at radius 3 is 3.00 bits per heavy atom. The van der Waals surface area contributed by atoms with Crippen molar-refractivity contribution in [2.75, 3.05) is 0 Å². The summed E-state index contributed by atoms with van der Waals surface area (Å²) in [6, 6.07) is 2.85. The molecule has 3 aromatic heterocycles. The van der Waals surface area contributed by atoms with Gasteiger partial charge in [0.2, 0.25) is 0 Å². The zero-order valence-corrected chi connectivity index (χ0v) is 11.6. The van der Waals surface area contributed by atoms with E-state index in [0.29, 0.717) is 16.4 Å². The Kier molecular flexibility index (Phi) is 3.25. The van der Waals surface area contributed by atoms with Crippen molar-refractivity contribution in [1.29, 1.82) is 0 Å². The highest BCUT2D eigenvalue weighted by molar-refractivity contribution is 7.15. The summed E-state index contributed by atoms with van der Waals surface area (Å²) in [5.41, 5.74) is 0.354. The Labute approximate surface area is 120 Å². The molecule has 0 atom stereocenters. The van der Waals surface area contributed by atoms with E-state index in [1.165, 1.54) is 27.9 Å². The number of rotatable bonds is 4. The average molecular weight is 308 g/mol. The molecule has 0 unspecified atom stereocenters. The lowest BCUT2D eigenvalue weighted by atomic mass is 10.4. The molecule has 20 heavy (non-hydrogen) atoms. The van der Waals surface area contributed by atoms with Gasteiger partial charge < -0.3 is 9.84 Å². The quantitative estimate of drug-likeness (QED) is 0.798. The molecule has 8 heteroatoms. The minimum Gasteiger partial charge on any atom is -0.486 e. The summed E-state index contributed by atoms with van der Waals surface area (Å²) in [5, 5.41) is 12.2. The number of carboxylic acid groups (broad SMARTS) is 1. The first-order valence-electron chi connectivity index (χ1n) is 5.54. The van der Waals surface area contributed by atoms with Crippen LogP contribution in [0.2, 0.25) is 0 Å². The number of carboxylic acids is 1. The Bertz CT molecular complexity index is 833. The van der Waals surface area contributed by atoms with Crippen LogP contribution in [0.5, 0.6) is 5.75 Å². The fourth-order valence-corrected chi connectivity index (χ4v) is 3.03. The maximum Gasteiger partial charge on any atom is 0.346 e. The molecule has 0 fully saturated rings. The molecule has 0 radical (unpaired) electrons. The first-order valence-corrected chi connectivity index (χ1v) is 7.30. The third-order valence-corrected chi connectivity index (χ3v) is 4.18. The molecular formula is C12H8N2O4S2. The van der Waals surface area contributed by atoms with Crippen molar-refractivity contribution in [1.82, 2.24) is 9.38 Å². The highest BCUT2D eigenvalue weighted by Gasteiger charge is 2.09. The van der Waals surface area contributed by atoms with Crippen LogP contribution in [0.15, 0.2) is 33.9 Å². The summed E-state index contributed by atoms with van der Waals surface area (Å²) < 4.78 is 6.90. The monoisotopic (exact) mass is 308 g/mol. The van der Waals surface area contributed by atoms with Crippen molar-refractivity contribution in [3.63, 3.8) is 0 Å². The van der Waals surface area contributed by atoms with Gasteiger partial charge in [-0.15, -0.1) is 22.7 Å². The Balaban J connectivity index is 1.79. The molecule has 3 aromatic rings. The topological polar surface area (TPSA) is 80.9 Å². The van der Waals surface area contributed by atoms with Gasteiger partial charge in [-0.05, 0) is 0 Å². The predicted octanol–water partition coefficient (Wildman–Crippen LogP) is 2.09. The second kappa shape index (κ2) is 5.06. The van der Waals surface area contributed by atoms with E-state index < -0.39 is 5.97 Å². The maximum absolute atomic E-state index is 11.8. The molecule has 0 aromatic carbocycles. The highest BCUT2D eigenvalue weighted by atomic mass is 32.1. The van der Waals surface area contributed by atoms with Gasteiger partial charge in [0, 0.05) is 29.1 Å². The molecule has 0 saturated carbocycles. The van der Waals surface area contributed by atoms with Crippen LogP contribution in [-0.4, -0.2) is 20.5 Å². The molecule has 0 saturated heterocycles. The molecule has 6 nitrogen and oxygen atoms in total. The van der Waals surface area contributed by atoms with E-state index in [0.717, 1.165) is 11.3 Å². The van der Waals surface area contributed by atoms with Crippen molar-refractivity contribution < 1.29 is 14.6 Å². The van der Waals surface area contributed by atoms with E-state index in [-0.39, 0.29) is 17.0 Å². The number of thiophene rings is 1. The highest BCUT2D eigenvalue weighted by Crippen LogP contribution is 2.22. The third-order valence-electron chi connectivity index (χ3n) is 2.53. The number of hydrogen-bond donors (Lipinski definition) is 1. The van der Waals surface area contributed by atoms with Crippen LogP contribution < -0.4 is 10.3 Å². The molecule has 0 aliphatic rings. The molecular weight excluding hydrogens is 300 g/mol. The summed E-state index contributed by atoms with van der Waals surface area (Å²) >= 11 is 2.46. The zero-order valence-electron chi connectivity index (χ0n) is 9.98. The van der Waals surface area contributed by atoms with E-state index >= 15 is 0 Å². The summed E-state index contributed by atoms with van der Waals surface area (Å²) in [7, 11) is 0. The first kappa shape index (κ1) is 12.8. The zero-order chi connectivity index (χ0) is 14.1. The molecule has 3 heterocycles. The Morgan fingerprint density at radius 2 is 2.25 bits per heavy atom. The minimum absolute atomic E-state index is 0.124. The summed E-state index contributed by atoms with van der Waals surface area (Å²) in [5.74, 6) is -0.526. The minimum atomic E-state index is -0.985. The fourth-order valence-electron chi connectivity index (χ4n) is 1.63. The average Bonchev–Trinajstić information content (AvgIpc) is 3.05. The van der Waals surface area contributed by atoms with Gasteiger partial charge in [-0.2, -0.15) is 0 Å². The Hall–Kier alpha value is -2.19. The number of fused-ring (bicyclic) bond motifs is 1. The lowest BCUT2D eigenvalue weighted by molar-refractivity contribution is 0.0702. The number of nitrogens with zero attached hydrogens (tertiary/aromatic N) is 2. The van der Waals surface area contributed by atoms with Crippen LogP contribution in [0.4, 0.5) is 0 Å². The van der Waals surface area contributed by atoms with Crippen LogP contribution in [0.25, 0.3) is 4.96 Å². The van der Waals surface area contributed by atoms with Gasteiger partial charge in [-0.3, -0.25) is 9.20 Å². The number of thiazole rings is 1. The second-order valence-electron chi connectivity index (χ2n) is 3.88. The van der Waals surface area contributed by atoms with Gasteiger partial charge >= 0.3 is 5.97 Å². The van der Waals surface area contributed by atoms with E-state index in [2.05, 4.69) is 4.98 Å². The molecule has 0 amide bonds. The van der Waals surface area contributed by atoms with Gasteiger partial charge in [-0.1, -0.05) is 0 Å². The summed E-state index contributed by atoms with van der Waals surface area (Å²) in [6.45, 7) is 0.124. The smallest absolute Gasteiger partial charge is 0.346 e. The van der Waals surface area contributed by atoms with E-state index in [4.69, 9.17) is 9.84 Å². The number of hydrogen-bond acceptors (Lipinski definition) is 6. The van der Waals surface area contributed by atoms with E-state index in [9.17, 15) is 9.59 Å². The summed E-state index contributed by atoms with van der Waals surface area (Å²) in [4.78, 5) is 27.6. The first-order chi connectivity index (χ1) is 9.63. The van der Waals surface area contributed by atoms with Gasteiger partial charge in [0.05, 0.1) is 5.69 Å². The normalized spacial score (nSPS) is 10.8. The van der Waals surface area contributed by atoms with Crippen LogP contribution in [0.1, 0.15) is 15.4 Å². The van der Waals surface area contributed by atoms with E-state index in [1.807, 2.05) is 0 Å². The number of carbonyl (C=O) groups is 1. The molecule has 0 spiro atoms. The van der Waals surface area contributed by atoms with Crippen molar-refractivity contribution >= 4 is 33.6 Å². The molecule has 102 valence electrons. The molecule has 1 N–H and O–H groups in total. The molecule has 0 aliphatic carbocycles. The lowest BCUT2D eigenvalue weighted by Crippen LogP contribution is -2.14. The lowest BCUT2D eigenvalue weighted by Gasteiger charge is -2.03. The Morgan fingerprint density at radius 1 is 1.40 bits per heavy atom. The van der Waals surface area contributed by atoms with Crippen LogP contribution in [0.3, 0.4) is 0 Å². The summed E-state index contributed by atoms with van der Waals surface area (Å²) in [6.07, 6.45) is 1.66. The van der Waals surface area contributed by atoms with Crippen molar-refractivity contribution in [2.24, 2.45) is 0 Å². The second-order valence-corrected chi connectivity index (χ2v) is 5.67. The fraction of sp³-hybridized carbons (Fsp3) is 0.0833. The van der Waals surface area contributed by atoms with Gasteiger partial charge in [-0.25, -0.2) is 9.78 Å². The molecule has 3 rings (SSSR count). The van der Waals surface area contributed by atoms with Gasteiger partial charge in [0.1, 0.15) is 17.2 Å². The number of aromatic nitrogens is 2. The van der Waals surface area contributed by atoms with E-state index in [1.54, 1.807) is 17.0 Å². The number of aromatic carboxylic acids is 1. The standard InChI is InChI=1S/C12H8N2O4S2/c15-10-3-7(13-12-14(10)1-2-19-12)5-18-8-4-9(11(16)17)20-6-8/h1-4,6H,5H2,(H,16,17). The van der Waals surface area contributed by atoms with Crippen LogP contribution in [-0.2, 0) is 6.61 Å². The van der Waals surface area contributed by atoms with Gasteiger partial charge in [0.25, 0.3) is 5.56 Å². The predicted molar refractivity (Wildman–Crippen MR) is 74.9 cm³/mol. The molecule has 0 aliphatic heterocycles. The van der Waals surface area contributed by atoms with Crippen LogP contribution >= 0.6 is 22.7 Å². The SMILES string of the molecule is O=C(O)c1cc(OCc2cc(=O)n3ccsc3n2)cs1. The maximum atomic E-state index is 11.8. The largest absolute Gasteiger partial charge is 0.486 e. The third kappa shape index (κ3) is 2.43. The van der Waals surface area contributed by atoms with Crippen molar-refractivity contribution in [2.45, 2.75) is 6.61 Å². The number of ether oxygens (including phenoxy) is 1. The van der Waals surface area contributed by atoms with Crippen molar-refractivity contribution in [3.8, 4) is 5.75 Å². The van der Waals surface area contributed by atoms with Crippen molar-refractivity contribution in [3.05, 3.63) is 50.0 Å².